The van der Waals surface area contributed by atoms with Gasteiger partial charge in [-0.15, -0.1) is 32.9 Å². The minimum absolute atomic E-state index is 0.145. The lowest BCUT2D eigenvalue weighted by Crippen LogP contribution is -2.27. The van der Waals surface area contributed by atoms with Crippen LogP contribution in [-0.4, -0.2) is 25.7 Å². The first kappa shape index (κ1) is 21.0. The van der Waals surface area contributed by atoms with Gasteiger partial charge in [-0.1, -0.05) is 59.5 Å². The van der Waals surface area contributed by atoms with E-state index in [2.05, 4.69) is 32.6 Å². The van der Waals surface area contributed by atoms with Crippen molar-refractivity contribution in [2.45, 2.75) is 16.6 Å². The summed E-state index contributed by atoms with van der Waals surface area (Å²) < 4.78 is 2.09. The predicted molar refractivity (Wildman–Crippen MR) is 132 cm³/mol. The van der Waals surface area contributed by atoms with E-state index in [1.54, 1.807) is 23.1 Å². The lowest BCUT2D eigenvalue weighted by atomic mass is 10.2. The van der Waals surface area contributed by atoms with E-state index in [1.807, 2.05) is 41.1 Å². The Morgan fingerprint density at radius 2 is 1.97 bits per heavy atom. The molecule has 7 nitrogen and oxygen atoms in total. The number of nitrogens with one attached hydrogen (secondary N) is 1. The first-order valence-corrected chi connectivity index (χ1v) is 13.0. The highest BCUT2D eigenvalue weighted by Crippen LogP contribution is 2.33. The number of hydrogen-bond donors (Lipinski definition) is 1. The van der Waals surface area contributed by atoms with Gasteiger partial charge in [0.25, 0.3) is 5.56 Å². The summed E-state index contributed by atoms with van der Waals surface area (Å²) in [6.07, 6.45) is 1.42. The third-order valence-corrected chi connectivity index (χ3v) is 8.35. The number of fused-ring (bicyclic) bond motifs is 1. The normalized spacial score (nSPS) is 11.1. The summed E-state index contributed by atoms with van der Waals surface area (Å²) in [5.41, 5.74) is 1.82. The molecule has 32 heavy (non-hydrogen) atoms. The highest BCUT2D eigenvalue weighted by molar-refractivity contribution is 8.00. The molecule has 0 spiro atoms. The maximum Gasteiger partial charge on any atom is 0.263 e. The fraction of sp³-hybridized carbons (Fsp3) is 0.0952. The van der Waals surface area contributed by atoms with Crippen molar-refractivity contribution in [3.05, 3.63) is 75.5 Å². The van der Waals surface area contributed by atoms with E-state index in [0.29, 0.717) is 15.3 Å². The Labute approximate surface area is 198 Å². The fourth-order valence-corrected chi connectivity index (χ4v) is 6.49. The van der Waals surface area contributed by atoms with Crippen molar-refractivity contribution < 1.29 is 4.79 Å². The van der Waals surface area contributed by atoms with E-state index in [-0.39, 0.29) is 18.0 Å². The first-order valence-electron chi connectivity index (χ1n) is 9.48. The minimum Gasteiger partial charge on any atom is -0.299 e. The number of carbonyl (C=O) groups excluding carboxylic acids is 1. The highest BCUT2D eigenvalue weighted by atomic mass is 32.2. The van der Waals surface area contributed by atoms with Crippen LogP contribution in [0.5, 0.6) is 0 Å². The fourth-order valence-electron chi connectivity index (χ4n) is 3.04. The van der Waals surface area contributed by atoms with Crippen molar-refractivity contribution in [2.24, 2.45) is 0 Å². The Morgan fingerprint density at radius 3 is 2.78 bits per heavy atom. The van der Waals surface area contributed by atoms with Gasteiger partial charge in [0, 0.05) is 21.6 Å². The average Bonchev–Trinajstić information content (AvgIpc) is 3.56. The smallest absolute Gasteiger partial charge is 0.263 e. The Hall–Kier alpha value is -2.86. The highest BCUT2D eigenvalue weighted by Gasteiger charge is 2.16. The van der Waals surface area contributed by atoms with Gasteiger partial charge in [-0.2, -0.15) is 0 Å². The van der Waals surface area contributed by atoms with Crippen LogP contribution < -0.4 is 10.9 Å². The molecule has 5 aromatic rings. The number of hydrogen-bond acceptors (Lipinski definition) is 9. The molecule has 5 rings (SSSR count). The molecule has 0 unspecified atom stereocenters. The van der Waals surface area contributed by atoms with Crippen molar-refractivity contribution in [3.63, 3.8) is 0 Å². The van der Waals surface area contributed by atoms with Crippen LogP contribution in [0.4, 0.5) is 5.13 Å². The second kappa shape index (κ2) is 9.33. The van der Waals surface area contributed by atoms with E-state index in [4.69, 9.17) is 0 Å². The van der Waals surface area contributed by atoms with Crippen LogP contribution in [0.15, 0.2) is 68.7 Å². The number of thioether (sulfide) groups is 1. The van der Waals surface area contributed by atoms with Crippen LogP contribution in [0.25, 0.3) is 20.7 Å². The molecular formula is C21H15N5O2S4. The quantitative estimate of drug-likeness (QED) is 0.252. The number of aromatic nitrogens is 4. The molecule has 0 saturated carbocycles. The van der Waals surface area contributed by atoms with Gasteiger partial charge in [0.2, 0.25) is 11.0 Å². The second-order valence-electron chi connectivity index (χ2n) is 6.68. The van der Waals surface area contributed by atoms with Crippen LogP contribution in [0.1, 0.15) is 5.56 Å². The molecule has 0 aliphatic carbocycles. The summed E-state index contributed by atoms with van der Waals surface area (Å²) in [6.45, 7) is -0.145. The number of benzene rings is 1. The molecule has 1 amide bonds. The zero-order valence-electron chi connectivity index (χ0n) is 16.4. The molecule has 0 fully saturated rings. The summed E-state index contributed by atoms with van der Waals surface area (Å²) in [5, 5.41) is 15.7. The summed E-state index contributed by atoms with van der Waals surface area (Å²) in [6, 6.07) is 14.0. The Bertz CT molecular complexity index is 1420. The standard InChI is InChI=1S/C21H15N5O2S4/c27-16(23-20-24-25-21(32-20)31-10-13-5-2-1-3-6-13)9-26-12-22-18-17(19(26)28)14(11-30-18)15-7-4-8-29-15/h1-8,11-12H,9-10H2,(H,23,24,27). The molecule has 1 aromatic carbocycles. The molecule has 11 heteroatoms. The summed E-state index contributed by atoms with van der Waals surface area (Å²) in [4.78, 5) is 31.6. The van der Waals surface area contributed by atoms with Crippen molar-refractivity contribution in [1.82, 2.24) is 19.7 Å². The van der Waals surface area contributed by atoms with Crippen molar-refractivity contribution in [1.29, 1.82) is 0 Å². The maximum absolute atomic E-state index is 13.0. The van der Waals surface area contributed by atoms with E-state index < -0.39 is 0 Å². The molecule has 0 atom stereocenters. The molecule has 0 aliphatic heterocycles. The predicted octanol–water partition coefficient (Wildman–Crippen LogP) is 4.97. The van der Waals surface area contributed by atoms with Gasteiger partial charge >= 0.3 is 0 Å². The molecule has 0 radical (unpaired) electrons. The Morgan fingerprint density at radius 1 is 1.09 bits per heavy atom. The molecule has 0 aliphatic rings. The van der Waals surface area contributed by atoms with Gasteiger partial charge in [-0.3, -0.25) is 19.5 Å². The lowest BCUT2D eigenvalue weighted by Gasteiger charge is -2.05. The van der Waals surface area contributed by atoms with E-state index in [9.17, 15) is 9.59 Å². The van der Waals surface area contributed by atoms with Crippen LogP contribution in [0, 0.1) is 0 Å². The molecule has 0 bridgehead atoms. The van der Waals surface area contributed by atoms with E-state index in [1.165, 1.54) is 39.1 Å². The van der Waals surface area contributed by atoms with Gasteiger partial charge in [-0.05, 0) is 17.0 Å². The van der Waals surface area contributed by atoms with Crippen LogP contribution in [0.2, 0.25) is 0 Å². The zero-order chi connectivity index (χ0) is 21.9. The third kappa shape index (κ3) is 4.51. The van der Waals surface area contributed by atoms with Gasteiger partial charge in [0.05, 0.1) is 11.7 Å². The molecule has 0 saturated heterocycles. The third-order valence-electron chi connectivity index (χ3n) is 4.52. The molecule has 4 aromatic heterocycles. The van der Waals surface area contributed by atoms with Crippen molar-refractivity contribution in [2.75, 3.05) is 5.32 Å². The van der Waals surface area contributed by atoms with Gasteiger partial charge in [0.1, 0.15) is 11.4 Å². The van der Waals surface area contributed by atoms with Gasteiger partial charge in [0.15, 0.2) is 4.34 Å². The number of rotatable bonds is 7. The van der Waals surface area contributed by atoms with E-state index in [0.717, 1.165) is 20.5 Å². The molecule has 4 heterocycles. The average molecular weight is 498 g/mol. The Kier molecular flexibility index (Phi) is 6.12. The molecule has 1 N–H and O–H groups in total. The first-order chi connectivity index (χ1) is 15.7. The summed E-state index contributed by atoms with van der Waals surface area (Å²) in [7, 11) is 0. The maximum atomic E-state index is 13.0. The summed E-state index contributed by atoms with van der Waals surface area (Å²) >= 11 is 5.86. The van der Waals surface area contributed by atoms with Gasteiger partial charge in [-0.25, -0.2) is 4.98 Å². The number of thiophene rings is 2. The van der Waals surface area contributed by atoms with Crippen molar-refractivity contribution >= 4 is 67.0 Å². The number of carbonyl (C=O) groups is 1. The van der Waals surface area contributed by atoms with Gasteiger partial charge < -0.3 is 0 Å². The number of anilines is 1. The number of amides is 1. The van der Waals surface area contributed by atoms with Crippen LogP contribution in [0.3, 0.4) is 0 Å². The topological polar surface area (TPSA) is 89.8 Å². The monoisotopic (exact) mass is 497 g/mol. The van der Waals surface area contributed by atoms with E-state index >= 15 is 0 Å². The van der Waals surface area contributed by atoms with Crippen LogP contribution in [-0.2, 0) is 17.1 Å². The SMILES string of the molecule is O=C(Cn1cnc2scc(-c3cccs3)c2c1=O)Nc1nnc(SCc2ccccc2)s1. The second-order valence-corrected chi connectivity index (χ2v) is 10.7. The summed E-state index contributed by atoms with van der Waals surface area (Å²) in [5.74, 6) is 0.425. The zero-order valence-corrected chi connectivity index (χ0v) is 19.7. The lowest BCUT2D eigenvalue weighted by molar-refractivity contribution is -0.116. The molecule has 160 valence electrons. The minimum atomic E-state index is -0.350. The Balaban J connectivity index is 1.27. The largest absolute Gasteiger partial charge is 0.299 e. The number of nitrogens with zero attached hydrogens (tertiary/aromatic N) is 4. The van der Waals surface area contributed by atoms with Crippen LogP contribution >= 0.6 is 45.8 Å². The van der Waals surface area contributed by atoms with Crippen molar-refractivity contribution in [3.8, 4) is 10.4 Å². The molecular weight excluding hydrogens is 483 g/mol.